The predicted octanol–water partition coefficient (Wildman–Crippen LogP) is 4.05. The molecule has 5 heteroatoms. The predicted molar refractivity (Wildman–Crippen MR) is 76.1 cm³/mol. The minimum Gasteiger partial charge on any atom is -0.421 e. The van der Waals surface area contributed by atoms with Gasteiger partial charge in [0.2, 0.25) is 0 Å². The molecule has 0 spiro atoms. The van der Waals surface area contributed by atoms with E-state index < -0.39 is 13.4 Å². The van der Waals surface area contributed by atoms with Gasteiger partial charge in [-0.05, 0) is 38.1 Å². The second-order valence-corrected chi connectivity index (χ2v) is 6.59. The summed E-state index contributed by atoms with van der Waals surface area (Å²) < 4.78 is 37.2. The van der Waals surface area contributed by atoms with Gasteiger partial charge in [0.25, 0.3) is 0 Å². The molecule has 0 N–H and O–H groups in total. The normalized spacial score (nSPS) is 19.9. The van der Waals surface area contributed by atoms with Crippen LogP contribution in [0.4, 0.5) is 4.39 Å². The Morgan fingerprint density at radius 2 is 2.00 bits per heavy atom. The van der Waals surface area contributed by atoms with E-state index in [1.807, 2.05) is 19.1 Å². The smallest absolute Gasteiger partial charge is 0.411 e. The molecular weight excluding hydrogens is 278 g/mol. The van der Waals surface area contributed by atoms with Crippen LogP contribution in [0.1, 0.15) is 12.5 Å². The zero-order valence-corrected chi connectivity index (χ0v) is 12.1. The van der Waals surface area contributed by atoms with E-state index >= 15 is 0 Å². The Morgan fingerprint density at radius 1 is 1.20 bits per heavy atom. The summed E-state index contributed by atoms with van der Waals surface area (Å²) >= 11 is 0. The summed E-state index contributed by atoms with van der Waals surface area (Å²) in [5.41, 5.74) is 2.56. The SMILES string of the molecule is CCOP1(=O)Oc2ccc(C)cc2-c2ccc(F)cc21. The number of fused-ring (bicyclic) bond motifs is 3. The highest BCUT2D eigenvalue weighted by molar-refractivity contribution is 7.63. The molecule has 104 valence electrons. The number of hydrogen-bond donors (Lipinski definition) is 0. The zero-order valence-electron chi connectivity index (χ0n) is 11.2. The Balaban J connectivity index is 2.29. The number of rotatable bonds is 2. The van der Waals surface area contributed by atoms with Gasteiger partial charge < -0.3 is 4.52 Å². The molecule has 1 atom stereocenters. The lowest BCUT2D eigenvalue weighted by Gasteiger charge is -2.27. The van der Waals surface area contributed by atoms with Crippen molar-refractivity contribution in [2.75, 3.05) is 6.61 Å². The van der Waals surface area contributed by atoms with E-state index in [0.717, 1.165) is 11.1 Å². The molecule has 20 heavy (non-hydrogen) atoms. The zero-order chi connectivity index (χ0) is 14.3. The third kappa shape index (κ3) is 2.05. The highest BCUT2D eigenvalue weighted by atomic mass is 31.2. The molecule has 2 aromatic rings. The van der Waals surface area contributed by atoms with Crippen molar-refractivity contribution in [3.8, 4) is 16.9 Å². The molecule has 0 saturated carbocycles. The molecule has 3 nitrogen and oxygen atoms in total. The van der Waals surface area contributed by atoms with Crippen molar-refractivity contribution in [2.45, 2.75) is 13.8 Å². The Bertz CT molecular complexity index is 727. The summed E-state index contributed by atoms with van der Waals surface area (Å²) in [6.45, 7) is 3.92. The van der Waals surface area contributed by atoms with Crippen LogP contribution in [0.25, 0.3) is 11.1 Å². The molecular formula is C15H14FO3P. The van der Waals surface area contributed by atoms with Crippen molar-refractivity contribution < 1.29 is 18.0 Å². The van der Waals surface area contributed by atoms with Crippen molar-refractivity contribution in [3.05, 3.63) is 47.8 Å². The Morgan fingerprint density at radius 3 is 2.75 bits per heavy atom. The maximum absolute atomic E-state index is 13.5. The minimum atomic E-state index is -3.52. The van der Waals surface area contributed by atoms with Crippen LogP contribution in [-0.2, 0) is 9.09 Å². The lowest BCUT2D eigenvalue weighted by atomic mass is 10.0. The first-order valence-corrected chi connectivity index (χ1v) is 7.93. The monoisotopic (exact) mass is 292 g/mol. The molecule has 2 aromatic carbocycles. The molecule has 0 aliphatic carbocycles. The number of benzene rings is 2. The number of hydrogen-bond acceptors (Lipinski definition) is 3. The van der Waals surface area contributed by atoms with E-state index in [9.17, 15) is 8.96 Å². The van der Waals surface area contributed by atoms with Crippen LogP contribution in [0.5, 0.6) is 5.75 Å². The maximum atomic E-state index is 13.5. The van der Waals surface area contributed by atoms with Gasteiger partial charge in [0.1, 0.15) is 11.6 Å². The van der Waals surface area contributed by atoms with E-state index in [4.69, 9.17) is 9.05 Å². The van der Waals surface area contributed by atoms with Crippen LogP contribution in [0.15, 0.2) is 36.4 Å². The average Bonchev–Trinajstić information content (AvgIpc) is 2.40. The van der Waals surface area contributed by atoms with Gasteiger partial charge in [0, 0.05) is 11.1 Å². The van der Waals surface area contributed by atoms with Gasteiger partial charge in [-0.3, -0.25) is 4.52 Å². The van der Waals surface area contributed by atoms with Crippen LogP contribution < -0.4 is 9.83 Å². The van der Waals surface area contributed by atoms with Gasteiger partial charge in [-0.15, -0.1) is 0 Å². The van der Waals surface area contributed by atoms with Gasteiger partial charge >= 0.3 is 7.60 Å². The second kappa shape index (κ2) is 4.72. The molecule has 0 saturated heterocycles. The van der Waals surface area contributed by atoms with E-state index in [1.54, 1.807) is 19.1 Å². The first-order valence-electron chi connectivity index (χ1n) is 6.39. The minimum absolute atomic E-state index is 0.231. The Labute approximate surface area is 116 Å². The molecule has 0 radical (unpaired) electrons. The van der Waals surface area contributed by atoms with Crippen LogP contribution in [0.3, 0.4) is 0 Å². The second-order valence-electron chi connectivity index (χ2n) is 4.67. The van der Waals surface area contributed by atoms with Crippen LogP contribution in [0.2, 0.25) is 0 Å². The standard InChI is InChI=1S/C15H14FO3P/c1-3-18-20(17)15-9-11(16)5-6-12(15)13-8-10(2)4-7-14(13)19-20/h4-9H,3H2,1-2H3. The summed E-state index contributed by atoms with van der Waals surface area (Å²) in [6.07, 6.45) is 0. The van der Waals surface area contributed by atoms with Crippen molar-refractivity contribution in [3.63, 3.8) is 0 Å². The van der Waals surface area contributed by atoms with E-state index in [-0.39, 0.29) is 11.9 Å². The fourth-order valence-electron chi connectivity index (χ4n) is 2.34. The number of aryl methyl sites for hydroxylation is 1. The molecule has 0 fully saturated rings. The van der Waals surface area contributed by atoms with Crippen LogP contribution >= 0.6 is 7.60 Å². The third-order valence-electron chi connectivity index (χ3n) is 3.20. The molecule has 0 amide bonds. The van der Waals surface area contributed by atoms with Gasteiger partial charge in [-0.1, -0.05) is 17.7 Å². The van der Waals surface area contributed by atoms with Crippen molar-refractivity contribution in [1.29, 1.82) is 0 Å². The summed E-state index contributed by atoms with van der Waals surface area (Å²) in [4.78, 5) is 0. The maximum Gasteiger partial charge on any atom is 0.411 e. The molecule has 1 unspecified atom stereocenters. The largest absolute Gasteiger partial charge is 0.421 e. The summed E-state index contributed by atoms with van der Waals surface area (Å²) in [6, 6.07) is 9.79. The first kappa shape index (κ1) is 13.3. The lowest BCUT2D eigenvalue weighted by molar-refractivity contribution is 0.288. The van der Waals surface area contributed by atoms with E-state index in [0.29, 0.717) is 11.3 Å². The van der Waals surface area contributed by atoms with Gasteiger partial charge in [-0.2, -0.15) is 0 Å². The van der Waals surface area contributed by atoms with E-state index in [1.165, 1.54) is 12.1 Å². The van der Waals surface area contributed by atoms with Crippen LogP contribution in [0, 0.1) is 12.7 Å². The van der Waals surface area contributed by atoms with Crippen molar-refractivity contribution in [2.24, 2.45) is 0 Å². The fraction of sp³-hybridized carbons (Fsp3) is 0.200. The van der Waals surface area contributed by atoms with Gasteiger partial charge in [0.15, 0.2) is 0 Å². The molecule has 1 aliphatic rings. The van der Waals surface area contributed by atoms with Crippen LogP contribution in [-0.4, -0.2) is 6.61 Å². The first-order chi connectivity index (χ1) is 9.53. The quantitative estimate of drug-likeness (QED) is 0.783. The summed E-state index contributed by atoms with van der Waals surface area (Å²) in [5.74, 6) is 0.0508. The van der Waals surface area contributed by atoms with Crippen molar-refractivity contribution >= 4 is 12.9 Å². The summed E-state index contributed by atoms with van der Waals surface area (Å²) in [7, 11) is -3.52. The topological polar surface area (TPSA) is 35.5 Å². The van der Waals surface area contributed by atoms with Crippen molar-refractivity contribution in [1.82, 2.24) is 0 Å². The average molecular weight is 292 g/mol. The Kier molecular flexibility index (Phi) is 3.15. The molecule has 3 rings (SSSR count). The van der Waals surface area contributed by atoms with Gasteiger partial charge in [0.05, 0.1) is 11.9 Å². The molecule has 0 aromatic heterocycles. The highest BCUT2D eigenvalue weighted by Crippen LogP contribution is 2.55. The Hall–Kier alpha value is -1.64. The number of halogens is 1. The molecule has 1 heterocycles. The summed E-state index contributed by atoms with van der Waals surface area (Å²) in [5, 5.41) is 0.289. The molecule has 0 bridgehead atoms. The third-order valence-corrected chi connectivity index (χ3v) is 5.19. The highest BCUT2D eigenvalue weighted by Gasteiger charge is 2.37. The fourth-order valence-corrected chi connectivity index (χ4v) is 4.16. The molecule has 1 aliphatic heterocycles. The lowest BCUT2D eigenvalue weighted by Crippen LogP contribution is -2.20. The van der Waals surface area contributed by atoms with Gasteiger partial charge in [-0.25, -0.2) is 8.96 Å². The van der Waals surface area contributed by atoms with E-state index in [2.05, 4.69) is 0 Å².